The molecule has 0 aliphatic heterocycles. The Bertz CT molecular complexity index is 1020. The Kier molecular flexibility index (Phi) is 7.26. The van der Waals surface area contributed by atoms with Crippen LogP contribution in [0.4, 0.5) is 10.1 Å². The number of halogens is 1. The Hall–Kier alpha value is -3.11. The highest BCUT2D eigenvalue weighted by molar-refractivity contribution is 7.20. The Morgan fingerprint density at radius 3 is 2.57 bits per heavy atom. The number of nitrogens with zero attached hydrogens (tertiary/aromatic N) is 2. The van der Waals surface area contributed by atoms with Crippen molar-refractivity contribution in [2.75, 3.05) is 18.1 Å². The van der Waals surface area contributed by atoms with Crippen molar-refractivity contribution in [3.05, 3.63) is 58.7 Å². The van der Waals surface area contributed by atoms with E-state index in [2.05, 4.69) is 4.98 Å². The molecule has 0 radical (unpaired) electrons. The molecule has 0 fully saturated rings. The van der Waals surface area contributed by atoms with Gasteiger partial charge in [0, 0.05) is 24.0 Å². The van der Waals surface area contributed by atoms with Gasteiger partial charge in [-0.2, -0.15) is 0 Å². The average molecular weight is 448 g/mol. The summed E-state index contributed by atoms with van der Waals surface area (Å²) < 4.78 is 18.3. The van der Waals surface area contributed by atoms with Crippen LogP contribution < -0.4 is 10.6 Å². The van der Waals surface area contributed by atoms with E-state index in [0.29, 0.717) is 11.4 Å². The van der Waals surface area contributed by atoms with Crippen molar-refractivity contribution < 1.29 is 23.5 Å². The van der Waals surface area contributed by atoms with E-state index in [9.17, 15) is 18.8 Å². The molecule has 10 heteroatoms. The van der Waals surface area contributed by atoms with E-state index in [4.69, 9.17) is 10.5 Å². The third-order valence-electron chi connectivity index (χ3n) is 3.99. The molecule has 0 atom stereocenters. The number of hydrogen-bond donors (Lipinski definition) is 1. The van der Waals surface area contributed by atoms with Crippen molar-refractivity contribution in [1.82, 2.24) is 4.98 Å². The molecule has 2 N–H and O–H groups in total. The fourth-order valence-corrected chi connectivity index (χ4v) is 4.20. The lowest BCUT2D eigenvalue weighted by Gasteiger charge is -2.22. The first-order valence-corrected chi connectivity index (χ1v) is 10.7. The van der Waals surface area contributed by atoms with E-state index in [1.54, 1.807) is 16.7 Å². The summed E-state index contributed by atoms with van der Waals surface area (Å²) >= 11 is 2.98. The van der Waals surface area contributed by atoms with Gasteiger partial charge in [-0.05, 0) is 35.7 Å². The number of nitrogens with two attached hydrogens (primary N) is 1. The van der Waals surface area contributed by atoms with Gasteiger partial charge in [0.1, 0.15) is 10.8 Å². The smallest absolute Gasteiger partial charge is 0.312 e. The summed E-state index contributed by atoms with van der Waals surface area (Å²) in [7, 11) is 0. The predicted octanol–water partition coefficient (Wildman–Crippen LogP) is 3.01. The van der Waals surface area contributed by atoms with Crippen LogP contribution in [0.15, 0.2) is 47.2 Å². The maximum atomic E-state index is 13.2. The number of primary amides is 1. The second kappa shape index (κ2) is 10.1. The molecule has 2 amide bonds. The van der Waals surface area contributed by atoms with E-state index in [0.717, 1.165) is 9.88 Å². The van der Waals surface area contributed by atoms with E-state index < -0.39 is 30.2 Å². The standard InChI is InChI=1S/C20H18FN3O4S2/c21-13-3-5-15(6-4-13)24(8-7-17(22)25)18(26)11-28-19(27)10-14-12-30-20(23-14)16-2-1-9-29-16/h1-6,9,12H,7-8,10-11H2,(H2,22,25). The Morgan fingerprint density at radius 1 is 1.13 bits per heavy atom. The maximum absolute atomic E-state index is 13.2. The molecule has 3 aromatic rings. The molecule has 2 aromatic heterocycles. The van der Waals surface area contributed by atoms with Crippen LogP contribution >= 0.6 is 22.7 Å². The first kappa shape index (κ1) is 21.6. The normalized spacial score (nSPS) is 10.6. The highest BCUT2D eigenvalue weighted by Crippen LogP contribution is 2.28. The molecule has 0 aliphatic rings. The van der Waals surface area contributed by atoms with Crippen molar-refractivity contribution >= 4 is 46.1 Å². The van der Waals surface area contributed by atoms with E-state index in [1.807, 2.05) is 17.5 Å². The highest BCUT2D eigenvalue weighted by atomic mass is 32.1. The lowest BCUT2D eigenvalue weighted by atomic mass is 10.2. The molecule has 0 saturated heterocycles. The molecular weight excluding hydrogens is 429 g/mol. The number of amides is 2. The monoisotopic (exact) mass is 447 g/mol. The van der Waals surface area contributed by atoms with Gasteiger partial charge in [0.15, 0.2) is 6.61 Å². The third kappa shape index (κ3) is 5.94. The molecule has 156 valence electrons. The molecule has 3 rings (SSSR count). The first-order chi connectivity index (χ1) is 14.4. The van der Waals surface area contributed by atoms with Crippen LogP contribution in [0.5, 0.6) is 0 Å². The zero-order valence-corrected chi connectivity index (χ0v) is 17.4. The Balaban J connectivity index is 1.57. The molecule has 0 unspecified atom stereocenters. The van der Waals surface area contributed by atoms with Gasteiger partial charge in [-0.1, -0.05) is 6.07 Å². The molecular formula is C20H18FN3O4S2. The Labute approximate surface area is 179 Å². The summed E-state index contributed by atoms with van der Waals surface area (Å²) in [5, 5.41) is 4.54. The Morgan fingerprint density at radius 2 is 1.90 bits per heavy atom. The van der Waals surface area contributed by atoms with Gasteiger partial charge in [-0.15, -0.1) is 22.7 Å². The number of carbonyl (C=O) groups is 3. The summed E-state index contributed by atoms with van der Waals surface area (Å²) in [6.45, 7) is -0.523. The van der Waals surface area contributed by atoms with E-state index in [-0.39, 0.29) is 19.4 Å². The van der Waals surface area contributed by atoms with E-state index >= 15 is 0 Å². The number of esters is 1. The van der Waals surface area contributed by atoms with Crippen LogP contribution in [0.1, 0.15) is 12.1 Å². The van der Waals surface area contributed by atoms with Crippen LogP contribution in [0.2, 0.25) is 0 Å². The van der Waals surface area contributed by atoms with Crippen LogP contribution in [0.25, 0.3) is 9.88 Å². The number of rotatable bonds is 9. The maximum Gasteiger partial charge on any atom is 0.312 e. The number of benzene rings is 1. The average Bonchev–Trinajstić information content (AvgIpc) is 3.39. The van der Waals surface area contributed by atoms with Gasteiger partial charge in [0.25, 0.3) is 5.91 Å². The fraction of sp³-hybridized carbons (Fsp3) is 0.200. The molecule has 0 spiro atoms. The summed E-state index contributed by atoms with van der Waals surface area (Å²) in [5.74, 6) is -2.19. The van der Waals surface area contributed by atoms with Crippen molar-refractivity contribution in [3.63, 3.8) is 0 Å². The van der Waals surface area contributed by atoms with Gasteiger partial charge in [0.2, 0.25) is 5.91 Å². The zero-order chi connectivity index (χ0) is 21.5. The van der Waals surface area contributed by atoms with Gasteiger partial charge in [-0.25, -0.2) is 9.37 Å². The fourth-order valence-electron chi connectivity index (χ4n) is 2.56. The number of aromatic nitrogens is 1. The number of thiazole rings is 1. The van der Waals surface area contributed by atoms with Gasteiger partial charge in [-0.3, -0.25) is 14.4 Å². The van der Waals surface area contributed by atoms with Crippen LogP contribution in [0.3, 0.4) is 0 Å². The zero-order valence-electron chi connectivity index (χ0n) is 15.7. The highest BCUT2D eigenvalue weighted by Gasteiger charge is 2.19. The topological polar surface area (TPSA) is 103 Å². The number of carbonyl (C=O) groups excluding carboxylic acids is 3. The minimum Gasteiger partial charge on any atom is -0.455 e. The SMILES string of the molecule is NC(=O)CCN(C(=O)COC(=O)Cc1csc(-c2cccs2)n1)c1ccc(F)cc1. The second-order valence-electron chi connectivity index (χ2n) is 6.20. The van der Waals surface area contributed by atoms with Gasteiger partial charge >= 0.3 is 5.97 Å². The largest absolute Gasteiger partial charge is 0.455 e. The third-order valence-corrected chi connectivity index (χ3v) is 5.92. The second-order valence-corrected chi connectivity index (χ2v) is 8.00. The first-order valence-electron chi connectivity index (χ1n) is 8.90. The summed E-state index contributed by atoms with van der Waals surface area (Å²) in [6.07, 6.45) is -0.144. The number of thiophene rings is 1. The molecule has 0 aliphatic carbocycles. The minimum absolute atomic E-state index is 0.00634. The molecule has 0 saturated carbocycles. The van der Waals surface area contributed by atoms with Crippen molar-refractivity contribution in [1.29, 1.82) is 0 Å². The van der Waals surface area contributed by atoms with Crippen LogP contribution in [0, 0.1) is 5.82 Å². The summed E-state index contributed by atoms with van der Waals surface area (Å²) in [5.41, 5.74) is 6.09. The number of hydrogen-bond acceptors (Lipinski definition) is 7. The van der Waals surface area contributed by atoms with E-state index in [1.165, 1.54) is 40.5 Å². The lowest BCUT2D eigenvalue weighted by Crippen LogP contribution is -2.37. The molecule has 0 bridgehead atoms. The number of anilines is 1. The number of ether oxygens (including phenoxy) is 1. The molecule has 30 heavy (non-hydrogen) atoms. The van der Waals surface area contributed by atoms with Gasteiger partial charge < -0.3 is 15.4 Å². The summed E-state index contributed by atoms with van der Waals surface area (Å²) in [4.78, 5) is 42.4. The molecule has 1 aromatic carbocycles. The minimum atomic E-state index is -0.597. The lowest BCUT2D eigenvalue weighted by molar-refractivity contribution is -0.147. The van der Waals surface area contributed by atoms with Crippen molar-refractivity contribution in [2.24, 2.45) is 5.73 Å². The van der Waals surface area contributed by atoms with Crippen molar-refractivity contribution in [3.8, 4) is 9.88 Å². The van der Waals surface area contributed by atoms with Crippen LogP contribution in [-0.2, 0) is 25.5 Å². The summed E-state index contributed by atoms with van der Waals surface area (Å²) in [6, 6.07) is 9.06. The quantitative estimate of drug-likeness (QED) is 0.508. The van der Waals surface area contributed by atoms with Gasteiger partial charge in [0.05, 0.1) is 17.0 Å². The molecule has 2 heterocycles. The predicted molar refractivity (Wildman–Crippen MR) is 113 cm³/mol. The van der Waals surface area contributed by atoms with Crippen LogP contribution in [-0.4, -0.2) is 35.9 Å². The van der Waals surface area contributed by atoms with Crippen molar-refractivity contribution in [2.45, 2.75) is 12.8 Å². The molecule has 7 nitrogen and oxygen atoms in total.